The number of hydrogen-bond acceptors (Lipinski definition) is 5. The van der Waals surface area contributed by atoms with Crippen LogP contribution in [0, 0.1) is 12.3 Å². The zero-order chi connectivity index (χ0) is 12.6. The number of nitrogens with two attached hydrogens (primary N) is 1. The molecule has 3 rings (SSSR count). The Morgan fingerprint density at radius 1 is 1.33 bits per heavy atom. The third-order valence-electron chi connectivity index (χ3n) is 4.32. The van der Waals surface area contributed by atoms with Crippen molar-refractivity contribution in [1.29, 1.82) is 0 Å². The van der Waals surface area contributed by atoms with E-state index in [9.17, 15) is 0 Å². The molecule has 0 aromatic carbocycles. The SMILES string of the molecule is Cc1cnc(N2CCC3(CC2)COC[C@H]3N)cn1. The van der Waals surface area contributed by atoms with Gasteiger partial charge in [0.05, 0.1) is 31.3 Å². The Hall–Kier alpha value is -1.20. The van der Waals surface area contributed by atoms with Crippen LogP contribution < -0.4 is 10.6 Å². The van der Waals surface area contributed by atoms with Crippen molar-refractivity contribution in [2.75, 3.05) is 31.2 Å². The van der Waals surface area contributed by atoms with Crippen LogP contribution >= 0.6 is 0 Å². The largest absolute Gasteiger partial charge is 0.379 e. The average molecular weight is 248 g/mol. The lowest BCUT2D eigenvalue weighted by atomic mass is 9.75. The first kappa shape index (κ1) is 11.9. The second-order valence-electron chi connectivity index (χ2n) is 5.49. The number of hydrogen-bond donors (Lipinski definition) is 1. The number of piperidine rings is 1. The van der Waals surface area contributed by atoms with Crippen LogP contribution in [-0.2, 0) is 4.74 Å². The molecule has 2 aliphatic heterocycles. The van der Waals surface area contributed by atoms with E-state index in [1.807, 2.05) is 19.3 Å². The van der Waals surface area contributed by atoms with E-state index < -0.39 is 0 Å². The van der Waals surface area contributed by atoms with Crippen LogP contribution in [0.25, 0.3) is 0 Å². The molecule has 0 bridgehead atoms. The molecule has 5 heteroatoms. The minimum atomic E-state index is 0.198. The standard InChI is InChI=1S/C13H20N4O/c1-10-6-16-12(7-15-10)17-4-2-13(3-5-17)9-18-8-11(13)14/h6-7,11H,2-5,8-9,14H2,1H3/t11-/m1/s1. The van der Waals surface area contributed by atoms with Crippen LogP contribution in [0.5, 0.6) is 0 Å². The molecule has 2 aliphatic rings. The summed E-state index contributed by atoms with van der Waals surface area (Å²) in [6.07, 6.45) is 5.86. The highest BCUT2D eigenvalue weighted by atomic mass is 16.5. The summed E-state index contributed by atoms with van der Waals surface area (Å²) in [7, 11) is 0. The van der Waals surface area contributed by atoms with Gasteiger partial charge in [-0.2, -0.15) is 0 Å². The van der Waals surface area contributed by atoms with Gasteiger partial charge in [0, 0.05) is 24.5 Å². The van der Waals surface area contributed by atoms with E-state index in [0.717, 1.165) is 44.0 Å². The molecule has 5 nitrogen and oxygen atoms in total. The van der Waals surface area contributed by atoms with E-state index >= 15 is 0 Å². The summed E-state index contributed by atoms with van der Waals surface area (Å²) in [5.41, 5.74) is 7.34. The molecule has 2 saturated heterocycles. The van der Waals surface area contributed by atoms with Crippen LogP contribution in [0.2, 0.25) is 0 Å². The smallest absolute Gasteiger partial charge is 0.147 e. The third kappa shape index (κ3) is 1.97. The van der Waals surface area contributed by atoms with Crippen molar-refractivity contribution >= 4 is 5.82 Å². The predicted molar refractivity (Wildman–Crippen MR) is 69.4 cm³/mol. The number of nitrogens with zero attached hydrogens (tertiary/aromatic N) is 3. The summed E-state index contributed by atoms with van der Waals surface area (Å²) < 4.78 is 5.54. The monoisotopic (exact) mass is 248 g/mol. The lowest BCUT2D eigenvalue weighted by Crippen LogP contribution is -2.49. The highest BCUT2D eigenvalue weighted by Gasteiger charge is 2.44. The molecule has 18 heavy (non-hydrogen) atoms. The molecular formula is C13H20N4O. The van der Waals surface area contributed by atoms with Crippen molar-refractivity contribution in [2.45, 2.75) is 25.8 Å². The molecular weight excluding hydrogens is 228 g/mol. The van der Waals surface area contributed by atoms with Crippen molar-refractivity contribution in [3.8, 4) is 0 Å². The van der Waals surface area contributed by atoms with Gasteiger partial charge in [0.15, 0.2) is 0 Å². The number of aromatic nitrogens is 2. The van der Waals surface area contributed by atoms with Crippen LogP contribution in [-0.4, -0.2) is 42.3 Å². The van der Waals surface area contributed by atoms with Crippen LogP contribution in [0.1, 0.15) is 18.5 Å². The molecule has 2 N–H and O–H groups in total. The van der Waals surface area contributed by atoms with Crippen LogP contribution in [0.4, 0.5) is 5.82 Å². The Morgan fingerprint density at radius 3 is 2.67 bits per heavy atom. The fraction of sp³-hybridized carbons (Fsp3) is 0.692. The Balaban J connectivity index is 1.68. The zero-order valence-corrected chi connectivity index (χ0v) is 10.8. The molecule has 1 aromatic heterocycles. The fourth-order valence-electron chi connectivity index (χ4n) is 2.92. The second kappa shape index (κ2) is 4.48. The van der Waals surface area contributed by atoms with E-state index in [-0.39, 0.29) is 11.5 Å². The van der Waals surface area contributed by atoms with Crippen molar-refractivity contribution in [3.05, 3.63) is 18.1 Å². The Labute approximate surface area is 107 Å². The Kier molecular flexibility index (Phi) is 2.95. The number of anilines is 1. The highest BCUT2D eigenvalue weighted by Crippen LogP contribution is 2.39. The molecule has 3 heterocycles. The Morgan fingerprint density at radius 2 is 2.11 bits per heavy atom. The highest BCUT2D eigenvalue weighted by molar-refractivity contribution is 5.36. The van der Waals surface area contributed by atoms with Gasteiger partial charge in [-0.25, -0.2) is 4.98 Å². The topological polar surface area (TPSA) is 64.3 Å². The Bertz CT molecular complexity index is 412. The van der Waals surface area contributed by atoms with E-state index in [1.165, 1.54) is 0 Å². The fourth-order valence-corrected chi connectivity index (χ4v) is 2.92. The normalized spacial score (nSPS) is 26.8. The van der Waals surface area contributed by atoms with Gasteiger partial charge in [0.2, 0.25) is 0 Å². The maximum absolute atomic E-state index is 6.18. The molecule has 98 valence electrons. The van der Waals surface area contributed by atoms with Gasteiger partial charge in [0.25, 0.3) is 0 Å². The van der Waals surface area contributed by atoms with Crippen molar-refractivity contribution in [1.82, 2.24) is 9.97 Å². The summed E-state index contributed by atoms with van der Waals surface area (Å²) in [6, 6.07) is 0.198. The summed E-state index contributed by atoms with van der Waals surface area (Å²) in [6.45, 7) is 5.48. The first-order valence-corrected chi connectivity index (χ1v) is 6.57. The molecule has 1 aromatic rings. The molecule has 2 fully saturated rings. The summed E-state index contributed by atoms with van der Waals surface area (Å²) in [5, 5.41) is 0. The van der Waals surface area contributed by atoms with E-state index in [0.29, 0.717) is 6.61 Å². The maximum atomic E-state index is 6.18. The molecule has 0 unspecified atom stereocenters. The van der Waals surface area contributed by atoms with Crippen molar-refractivity contribution < 1.29 is 4.74 Å². The molecule has 0 radical (unpaired) electrons. The lowest BCUT2D eigenvalue weighted by molar-refractivity contribution is 0.131. The van der Waals surface area contributed by atoms with E-state index in [2.05, 4.69) is 14.9 Å². The first-order chi connectivity index (χ1) is 8.70. The quantitative estimate of drug-likeness (QED) is 0.793. The molecule has 0 aliphatic carbocycles. The maximum Gasteiger partial charge on any atom is 0.147 e. The van der Waals surface area contributed by atoms with Gasteiger partial charge < -0.3 is 15.4 Å². The molecule has 0 saturated carbocycles. The first-order valence-electron chi connectivity index (χ1n) is 6.57. The van der Waals surface area contributed by atoms with Crippen molar-refractivity contribution in [2.24, 2.45) is 11.1 Å². The minimum Gasteiger partial charge on any atom is -0.379 e. The molecule has 0 amide bonds. The van der Waals surface area contributed by atoms with Crippen LogP contribution in [0.15, 0.2) is 12.4 Å². The van der Waals surface area contributed by atoms with E-state index in [1.54, 1.807) is 0 Å². The third-order valence-corrected chi connectivity index (χ3v) is 4.32. The zero-order valence-electron chi connectivity index (χ0n) is 10.8. The molecule has 1 atom stereocenters. The van der Waals surface area contributed by atoms with Gasteiger partial charge >= 0.3 is 0 Å². The summed E-state index contributed by atoms with van der Waals surface area (Å²) >= 11 is 0. The number of ether oxygens (including phenoxy) is 1. The second-order valence-corrected chi connectivity index (χ2v) is 5.49. The number of rotatable bonds is 1. The minimum absolute atomic E-state index is 0.198. The van der Waals surface area contributed by atoms with Gasteiger partial charge in [-0.1, -0.05) is 0 Å². The van der Waals surface area contributed by atoms with Gasteiger partial charge in [-0.3, -0.25) is 4.98 Å². The lowest BCUT2D eigenvalue weighted by Gasteiger charge is -2.41. The van der Waals surface area contributed by atoms with Gasteiger partial charge in [-0.05, 0) is 19.8 Å². The summed E-state index contributed by atoms with van der Waals surface area (Å²) in [5.74, 6) is 0.975. The number of aryl methyl sites for hydroxylation is 1. The van der Waals surface area contributed by atoms with E-state index in [4.69, 9.17) is 10.5 Å². The predicted octanol–water partition coefficient (Wildman–Crippen LogP) is 0.729. The van der Waals surface area contributed by atoms with Crippen LogP contribution in [0.3, 0.4) is 0 Å². The summed E-state index contributed by atoms with van der Waals surface area (Å²) in [4.78, 5) is 11.0. The van der Waals surface area contributed by atoms with Crippen molar-refractivity contribution in [3.63, 3.8) is 0 Å². The van der Waals surface area contributed by atoms with Gasteiger partial charge in [-0.15, -0.1) is 0 Å². The van der Waals surface area contributed by atoms with Gasteiger partial charge in [0.1, 0.15) is 5.82 Å². The average Bonchev–Trinajstić information content (AvgIpc) is 2.73. The molecule has 1 spiro atoms.